The maximum atomic E-state index is 13.2. The quantitative estimate of drug-likeness (QED) is 0.337. The molecular weight excluding hydrogens is 448 g/mol. The number of carbonyl (C=O) groups excluding carboxylic acids is 2. The molecule has 0 aliphatic carbocycles. The van der Waals surface area contributed by atoms with Crippen LogP contribution in [0.5, 0.6) is 11.5 Å². The van der Waals surface area contributed by atoms with E-state index < -0.39 is 23.5 Å². The number of ketones is 1. The molecule has 2 aromatic carbocycles. The van der Waals surface area contributed by atoms with Crippen LogP contribution in [-0.2, 0) is 9.59 Å². The number of carbonyl (C=O) groups is 2. The van der Waals surface area contributed by atoms with Crippen molar-refractivity contribution in [3.05, 3.63) is 82.3 Å². The third-order valence-electron chi connectivity index (χ3n) is 5.26. The molecule has 9 heteroatoms. The van der Waals surface area contributed by atoms with E-state index in [2.05, 4.69) is 0 Å². The molecule has 0 radical (unpaired) electrons. The number of halogens is 1. The topological polar surface area (TPSA) is 113 Å². The van der Waals surface area contributed by atoms with Gasteiger partial charge in [0.25, 0.3) is 11.7 Å². The van der Waals surface area contributed by atoms with Gasteiger partial charge in [-0.25, -0.2) is 0 Å². The minimum absolute atomic E-state index is 0.119. The molecule has 1 N–H and O–H groups in total. The Hall–Kier alpha value is -4.22. The van der Waals surface area contributed by atoms with Gasteiger partial charge in [-0.2, -0.15) is 5.26 Å². The number of aliphatic hydroxyl groups is 1. The summed E-state index contributed by atoms with van der Waals surface area (Å²) in [6.07, 6.45) is 1.40. The van der Waals surface area contributed by atoms with E-state index >= 15 is 0 Å². The first-order chi connectivity index (χ1) is 15.9. The van der Waals surface area contributed by atoms with Crippen LogP contribution in [0.2, 0.25) is 5.02 Å². The Labute approximate surface area is 193 Å². The zero-order chi connectivity index (χ0) is 23.7. The highest BCUT2D eigenvalue weighted by atomic mass is 35.5. The van der Waals surface area contributed by atoms with E-state index in [1.807, 2.05) is 6.07 Å². The molecular formula is C24H17ClN2O6. The van der Waals surface area contributed by atoms with Crippen LogP contribution in [0.4, 0.5) is 5.69 Å². The molecule has 1 aliphatic rings. The Bertz CT molecular complexity index is 1310. The predicted molar refractivity (Wildman–Crippen MR) is 119 cm³/mol. The van der Waals surface area contributed by atoms with Crippen LogP contribution >= 0.6 is 11.6 Å². The number of nitriles is 1. The molecule has 33 heavy (non-hydrogen) atoms. The summed E-state index contributed by atoms with van der Waals surface area (Å²) in [4.78, 5) is 27.5. The van der Waals surface area contributed by atoms with Crippen LogP contribution in [0, 0.1) is 11.3 Å². The molecule has 166 valence electrons. The lowest BCUT2D eigenvalue weighted by molar-refractivity contribution is -0.132. The summed E-state index contributed by atoms with van der Waals surface area (Å²) in [6.45, 7) is 0. The highest BCUT2D eigenvalue weighted by Crippen LogP contribution is 2.44. The number of aliphatic hydroxyl groups excluding tert-OH is 1. The number of amides is 1. The lowest BCUT2D eigenvalue weighted by Gasteiger charge is -2.23. The van der Waals surface area contributed by atoms with Crippen molar-refractivity contribution in [3.8, 4) is 17.6 Å². The van der Waals surface area contributed by atoms with E-state index in [1.165, 1.54) is 49.6 Å². The second kappa shape index (κ2) is 8.73. The summed E-state index contributed by atoms with van der Waals surface area (Å²) in [5, 5.41) is 20.6. The standard InChI is InChI=1S/C24H17ClN2O6/c1-31-18-11-16(25)19(32-2)10-15(18)22(28)20-21(17-4-3-9-33-17)27(24(30)23(20)29)14-7-5-13(12-26)6-8-14/h3-11,21,28H,1-2H3/b22-20+. The van der Waals surface area contributed by atoms with E-state index in [0.29, 0.717) is 11.3 Å². The normalized spacial score (nSPS) is 17.2. The molecule has 2 heterocycles. The fourth-order valence-electron chi connectivity index (χ4n) is 3.70. The summed E-state index contributed by atoms with van der Waals surface area (Å²) < 4.78 is 16.1. The van der Waals surface area contributed by atoms with E-state index in [0.717, 1.165) is 0 Å². The Morgan fingerprint density at radius 2 is 1.82 bits per heavy atom. The largest absolute Gasteiger partial charge is 0.507 e. The fraction of sp³-hybridized carbons (Fsp3) is 0.125. The number of furan rings is 1. The van der Waals surface area contributed by atoms with Crippen molar-refractivity contribution >= 4 is 34.7 Å². The Morgan fingerprint density at radius 3 is 2.39 bits per heavy atom. The van der Waals surface area contributed by atoms with E-state index in [1.54, 1.807) is 24.3 Å². The number of anilines is 1. The van der Waals surface area contributed by atoms with Crippen LogP contribution in [0.1, 0.15) is 22.9 Å². The first kappa shape index (κ1) is 22.0. The van der Waals surface area contributed by atoms with E-state index in [-0.39, 0.29) is 33.4 Å². The third kappa shape index (κ3) is 3.69. The van der Waals surface area contributed by atoms with Gasteiger partial charge in [0.1, 0.15) is 29.1 Å². The number of hydrogen-bond donors (Lipinski definition) is 1. The van der Waals surface area contributed by atoms with Crippen molar-refractivity contribution in [1.82, 2.24) is 0 Å². The average molecular weight is 465 g/mol. The molecule has 0 saturated carbocycles. The third-order valence-corrected chi connectivity index (χ3v) is 5.56. The number of Topliss-reactive ketones (excluding diaryl/α,β-unsaturated/α-hetero) is 1. The van der Waals surface area contributed by atoms with Gasteiger partial charge in [0, 0.05) is 11.8 Å². The SMILES string of the molecule is COc1cc(/C(O)=C2\C(=O)C(=O)N(c3ccc(C#N)cc3)C2c2ccco2)c(OC)cc1Cl. The van der Waals surface area contributed by atoms with Gasteiger partial charge < -0.3 is 19.0 Å². The first-order valence-corrected chi connectivity index (χ1v) is 10.1. The molecule has 0 spiro atoms. The second-order valence-electron chi connectivity index (χ2n) is 7.03. The minimum atomic E-state index is -1.06. The van der Waals surface area contributed by atoms with Gasteiger partial charge in [0.05, 0.1) is 48.3 Å². The highest BCUT2D eigenvalue weighted by molar-refractivity contribution is 6.51. The molecule has 1 amide bonds. The minimum Gasteiger partial charge on any atom is -0.507 e. The zero-order valence-corrected chi connectivity index (χ0v) is 18.3. The molecule has 1 atom stereocenters. The maximum absolute atomic E-state index is 13.2. The van der Waals surface area contributed by atoms with Crippen LogP contribution in [0.15, 0.2) is 64.8 Å². The summed E-state index contributed by atoms with van der Waals surface area (Å²) in [5.41, 5.74) is 0.676. The lowest BCUT2D eigenvalue weighted by atomic mass is 9.98. The zero-order valence-electron chi connectivity index (χ0n) is 17.5. The van der Waals surface area contributed by atoms with E-state index in [4.69, 9.17) is 30.8 Å². The Kier molecular flexibility index (Phi) is 5.82. The van der Waals surface area contributed by atoms with Crippen molar-refractivity contribution in [2.24, 2.45) is 0 Å². The number of methoxy groups -OCH3 is 2. The van der Waals surface area contributed by atoms with Crippen LogP contribution < -0.4 is 14.4 Å². The van der Waals surface area contributed by atoms with Crippen molar-refractivity contribution in [2.75, 3.05) is 19.1 Å². The summed E-state index contributed by atoms with van der Waals surface area (Å²) in [7, 11) is 2.79. The maximum Gasteiger partial charge on any atom is 0.300 e. The summed E-state index contributed by atoms with van der Waals surface area (Å²) in [6, 6.07) is 13.2. The van der Waals surface area contributed by atoms with Gasteiger partial charge in [-0.1, -0.05) is 11.6 Å². The molecule has 1 aliphatic heterocycles. The molecule has 4 rings (SSSR count). The number of hydrogen-bond acceptors (Lipinski definition) is 7. The van der Waals surface area contributed by atoms with Gasteiger partial charge >= 0.3 is 0 Å². The van der Waals surface area contributed by atoms with Crippen molar-refractivity contribution < 1.29 is 28.6 Å². The Balaban J connectivity index is 1.95. The van der Waals surface area contributed by atoms with Crippen molar-refractivity contribution in [3.63, 3.8) is 0 Å². The van der Waals surface area contributed by atoms with Gasteiger partial charge in [-0.15, -0.1) is 0 Å². The van der Waals surface area contributed by atoms with Gasteiger partial charge in [0.2, 0.25) is 0 Å². The first-order valence-electron chi connectivity index (χ1n) is 9.67. The lowest BCUT2D eigenvalue weighted by Crippen LogP contribution is -2.29. The molecule has 1 aromatic heterocycles. The van der Waals surface area contributed by atoms with Gasteiger partial charge in [0.15, 0.2) is 0 Å². The molecule has 1 saturated heterocycles. The van der Waals surface area contributed by atoms with Gasteiger partial charge in [-0.3, -0.25) is 14.5 Å². The van der Waals surface area contributed by atoms with Crippen molar-refractivity contribution in [1.29, 1.82) is 5.26 Å². The van der Waals surface area contributed by atoms with Crippen LogP contribution in [0.3, 0.4) is 0 Å². The second-order valence-corrected chi connectivity index (χ2v) is 7.44. The molecule has 8 nitrogen and oxygen atoms in total. The molecule has 1 fully saturated rings. The molecule has 1 unspecified atom stereocenters. The summed E-state index contributed by atoms with van der Waals surface area (Å²) in [5.74, 6) is -1.55. The predicted octanol–water partition coefficient (Wildman–Crippen LogP) is 4.45. The monoisotopic (exact) mass is 464 g/mol. The molecule has 0 bridgehead atoms. The smallest absolute Gasteiger partial charge is 0.300 e. The number of ether oxygens (including phenoxy) is 2. The van der Waals surface area contributed by atoms with Crippen molar-refractivity contribution in [2.45, 2.75) is 6.04 Å². The van der Waals surface area contributed by atoms with Gasteiger partial charge in [-0.05, 0) is 42.5 Å². The molecule has 3 aromatic rings. The van der Waals surface area contributed by atoms with Crippen LogP contribution in [-0.4, -0.2) is 31.0 Å². The number of benzene rings is 2. The average Bonchev–Trinajstić information content (AvgIpc) is 3.45. The number of rotatable bonds is 5. The number of nitrogens with zero attached hydrogens (tertiary/aromatic N) is 2. The highest BCUT2D eigenvalue weighted by Gasteiger charge is 2.48. The fourth-order valence-corrected chi connectivity index (χ4v) is 3.93. The summed E-state index contributed by atoms with van der Waals surface area (Å²) >= 11 is 6.16. The van der Waals surface area contributed by atoms with E-state index in [9.17, 15) is 14.7 Å². The van der Waals surface area contributed by atoms with Crippen LogP contribution in [0.25, 0.3) is 5.76 Å². The Morgan fingerprint density at radius 1 is 1.12 bits per heavy atom.